The predicted octanol–water partition coefficient (Wildman–Crippen LogP) is 2.89. The molecule has 0 radical (unpaired) electrons. The summed E-state index contributed by atoms with van der Waals surface area (Å²) in [6.07, 6.45) is 0. The zero-order valence-electron chi connectivity index (χ0n) is 12.9. The molecule has 7 heteroatoms. The highest BCUT2D eigenvalue weighted by atomic mass is 19.1. The Hall–Kier alpha value is -2.83. The van der Waals surface area contributed by atoms with Crippen LogP contribution in [0.4, 0.5) is 18.9 Å². The van der Waals surface area contributed by atoms with Gasteiger partial charge in [-0.25, -0.2) is 13.2 Å². The van der Waals surface area contributed by atoms with Crippen molar-refractivity contribution in [2.45, 2.75) is 6.92 Å². The number of carbonyl (C=O) groups is 2. The van der Waals surface area contributed by atoms with Gasteiger partial charge < -0.3 is 10.2 Å². The topological polar surface area (TPSA) is 49.4 Å². The van der Waals surface area contributed by atoms with Gasteiger partial charge in [-0.2, -0.15) is 0 Å². The molecule has 2 rings (SSSR count). The maximum atomic E-state index is 13.8. The summed E-state index contributed by atoms with van der Waals surface area (Å²) in [6, 6.07) is 8.20. The lowest BCUT2D eigenvalue weighted by molar-refractivity contribution is -0.116. The number of hydrogen-bond acceptors (Lipinski definition) is 2. The van der Waals surface area contributed by atoms with Gasteiger partial charge in [-0.1, -0.05) is 6.07 Å². The Morgan fingerprint density at radius 3 is 2.12 bits per heavy atom. The maximum Gasteiger partial charge on any atom is 0.251 e. The highest BCUT2D eigenvalue weighted by molar-refractivity contribution is 5.94. The first-order valence-corrected chi connectivity index (χ1v) is 7.16. The SMILES string of the molecule is CC(=O)N(CCNC(=O)c1ccc(F)cc1)c1c(F)cccc1F. The monoisotopic (exact) mass is 336 g/mol. The van der Waals surface area contributed by atoms with Gasteiger partial charge in [0.05, 0.1) is 0 Å². The predicted molar refractivity (Wildman–Crippen MR) is 83.1 cm³/mol. The summed E-state index contributed by atoms with van der Waals surface area (Å²) in [5.41, 5.74) is -0.219. The number of anilines is 1. The Labute approximate surface area is 136 Å². The second-order valence-electron chi connectivity index (χ2n) is 5.00. The first-order valence-electron chi connectivity index (χ1n) is 7.16. The molecule has 1 N–H and O–H groups in total. The Balaban J connectivity index is 2.03. The fourth-order valence-electron chi connectivity index (χ4n) is 2.16. The van der Waals surface area contributed by atoms with Crippen LogP contribution in [0.1, 0.15) is 17.3 Å². The Bertz CT molecular complexity index is 728. The largest absolute Gasteiger partial charge is 0.350 e. The molecule has 0 aliphatic heterocycles. The van der Waals surface area contributed by atoms with E-state index in [4.69, 9.17) is 0 Å². The molecule has 126 valence electrons. The number of carbonyl (C=O) groups excluding carboxylic acids is 2. The molecule has 0 spiro atoms. The molecule has 24 heavy (non-hydrogen) atoms. The average Bonchev–Trinajstić information content (AvgIpc) is 2.53. The van der Waals surface area contributed by atoms with E-state index in [2.05, 4.69) is 5.32 Å². The lowest BCUT2D eigenvalue weighted by Crippen LogP contribution is -2.38. The van der Waals surface area contributed by atoms with Crippen molar-refractivity contribution < 1.29 is 22.8 Å². The standard InChI is InChI=1S/C17H15F3N2O2/c1-11(23)22(16-14(19)3-2-4-15(16)20)10-9-21-17(24)12-5-7-13(18)8-6-12/h2-8H,9-10H2,1H3,(H,21,24). The van der Waals surface area contributed by atoms with Crippen molar-refractivity contribution in [1.29, 1.82) is 0 Å². The molecule has 0 saturated heterocycles. The molecular weight excluding hydrogens is 321 g/mol. The highest BCUT2D eigenvalue weighted by Gasteiger charge is 2.20. The van der Waals surface area contributed by atoms with Gasteiger partial charge in [0.2, 0.25) is 5.91 Å². The summed E-state index contributed by atoms with van der Waals surface area (Å²) in [6.45, 7) is 1.04. The van der Waals surface area contributed by atoms with Crippen LogP contribution in [0, 0.1) is 17.5 Å². The number of amides is 2. The summed E-state index contributed by atoms with van der Waals surface area (Å²) in [7, 11) is 0. The van der Waals surface area contributed by atoms with Crippen molar-refractivity contribution in [3.05, 3.63) is 65.5 Å². The van der Waals surface area contributed by atoms with Gasteiger partial charge >= 0.3 is 0 Å². The minimum atomic E-state index is -0.866. The molecule has 2 aromatic carbocycles. The van der Waals surface area contributed by atoms with Gasteiger partial charge in [-0.15, -0.1) is 0 Å². The van der Waals surface area contributed by atoms with E-state index in [0.717, 1.165) is 29.2 Å². The van der Waals surface area contributed by atoms with Gasteiger partial charge in [-0.3, -0.25) is 9.59 Å². The fourth-order valence-corrected chi connectivity index (χ4v) is 2.16. The van der Waals surface area contributed by atoms with E-state index in [1.54, 1.807) is 0 Å². The zero-order chi connectivity index (χ0) is 17.7. The van der Waals surface area contributed by atoms with Gasteiger partial charge in [-0.05, 0) is 36.4 Å². The number of nitrogens with zero attached hydrogens (tertiary/aromatic N) is 1. The zero-order valence-corrected chi connectivity index (χ0v) is 12.9. The molecule has 0 aliphatic rings. The molecule has 0 aromatic heterocycles. The van der Waals surface area contributed by atoms with Gasteiger partial charge in [0.1, 0.15) is 23.1 Å². The molecule has 0 atom stereocenters. The van der Waals surface area contributed by atoms with E-state index in [0.29, 0.717) is 0 Å². The number of rotatable bonds is 5. The summed E-state index contributed by atoms with van der Waals surface area (Å²) in [4.78, 5) is 24.5. The number of benzene rings is 2. The summed E-state index contributed by atoms with van der Waals surface area (Å²) in [5.74, 6) is -3.24. The first-order chi connectivity index (χ1) is 11.4. The van der Waals surface area contributed by atoms with Crippen molar-refractivity contribution >= 4 is 17.5 Å². The third-order valence-corrected chi connectivity index (χ3v) is 3.31. The minimum Gasteiger partial charge on any atom is -0.350 e. The van der Waals surface area contributed by atoms with Crippen LogP contribution in [0.5, 0.6) is 0 Å². The van der Waals surface area contributed by atoms with Crippen molar-refractivity contribution in [3.63, 3.8) is 0 Å². The number of nitrogens with one attached hydrogen (secondary N) is 1. The molecule has 0 saturated carbocycles. The first kappa shape index (κ1) is 17.5. The second kappa shape index (κ2) is 7.63. The van der Waals surface area contributed by atoms with Crippen LogP contribution in [0.25, 0.3) is 0 Å². The number of para-hydroxylation sites is 1. The van der Waals surface area contributed by atoms with Crippen LogP contribution in [0.3, 0.4) is 0 Å². The van der Waals surface area contributed by atoms with Gasteiger partial charge in [0.15, 0.2) is 0 Å². The van der Waals surface area contributed by atoms with Crippen molar-refractivity contribution in [2.24, 2.45) is 0 Å². The molecule has 0 fully saturated rings. The van der Waals surface area contributed by atoms with Crippen molar-refractivity contribution in [1.82, 2.24) is 5.32 Å². The van der Waals surface area contributed by atoms with Crippen LogP contribution < -0.4 is 10.2 Å². The summed E-state index contributed by atoms with van der Waals surface area (Å²) >= 11 is 0. The van der Waals surface area contributed by atoms with Gasteiger partial charge in [0.25, 0.3) is 5.91 Å². The molecule has 0 aliphatic carbocycles. The smallest absolute Gasteiger partial charge is 0.251 e. The third-order valence-electron chi connectivity index (χ3n) is 3.31. The third kappa shape index (κ3) is 4.13. The van der Waals surface area contributed by atoms with E-state index < -0.39 is 35.0 Å². The van der Waals surface area contributed by atoms with E-state index in [1.807, 2.05) is 0 Å². The van der Waals surface area contributed by atoms with Crippen LogP contribution >= 0.6 is 0 Å². The lowest BCUT2D eigenvalue weighted by atomic mass is 10.2. The Morgan fingerprint density at radius 1 is 1.00 bits per heavy atom. The van der Waals surface area contributed by atoms with Crippen molar-refractivity contribution in [2.75, 3.05) is 18.0 Å². The summed E-state index contributed by atoms with van der Waals surface area (Å²) < 4.78 is 40.4. The Kier molecular flexibility index (Phi) is 5.57. The fraction of sp³-hybridized carbons (Fsp3) is 0.176. The summed E-state index contributed by atoms with van der Waals surface area (Å²) in [5, 5.41) is 2.51. The maximum absolute atomic E-state index is 13.8. The normalized spacial score (nSPS) is 10.3. The lowest BCUT2D eigenvalue weighted by Gasteiger charge is -2.22. The van der Waals surface area contributed by atoms with E-state index >= 15 is 0 Å². The second-order valence-corrected chi connectivity index (χ2v) is 5.00. The molecule has 2 aromatic rings. The van der Waals surface area contributed by atoms with Gasteiger partial charge in [0, 0.05) is 25.6 Å². The van der Waals surface area contributed by atoms with Crippen LogP contribution in [0.2, 0.25) is 0 Å². The van der Waals surface area contributed by atoms with E-state index in [1.165, 1.54) is 25.1 Å². The molecule has 0 bridgehead atoms. The average molecular weight is 336 g/mol. The van der Waals surface area contributed by atoms with Crippen molar-refractivity contribution in [3.8, 4) is 0 Å². The molecule has 0 unspecified atom stereocenters. The molecule has 0 heterocycles. The molecule has 2 amide bonds. The highest BCUT2D eigenvalue weighted by Crippen LogP contribution is 2.23. The van der Waals surface area contributed by atoms with Crippen LogP contribution in [0.15, 0.2) is 42.5 Å². The quantitative estimate of drug-likeness (QED) is 0.913. The van der Waals surface area contributed by atoms with Crippen LogP contribution in [-0.4, -0.2) is 24.9 Å². The van der Waals surface area contributed by atoms with Crippen LogP contribution in [-0.2, 0) is 4.79 Å². The number of hydrogen-bond donors (Lipinski definition) is 1. The minimum absolute atomic E-state index is 0.0242. The van der Waals surface area contributed by atoms with E-state index in [-0.39, 0.29) is 18.7 Å². The number of halogens is 3. The van der Waals surface area contributed by atoms with E-state index in [9.17, 15) is 22.8 Å². The molecule has 4 nitrogen and oxygen atoms in total. The Morgan fingerprint density at radius 2 is 1.58 bits per heavy atom. The molecular formula is C17H15F3N2O2.